The molecular formula is C19H22N6O2S. The van der Waals surface area contributed by atoms with Crippen molar-refractivity contribution in [1.29, 1.82) is 0 Å². The molecule has 0 aliphatic rings. The average molecular weight is 398 g/mol. The summed E-state index contributed by atoms with van der Waals surface area (Å²) in [6, 6.07) is 16.5. The van der Waals surface area contributed by atoms with E-state index in [0.717, 1.165) is 11.1 Å². The molecule has 0 atom stereocenters. The number of aromatic nitrogens is 3. The fourth-order valence-corrected chi connectivity index (χ4v) is 3.56. The fourth-order valence-electron chi connectivity index (χ4n) is 2.41. The van der Waals surface area contributed by atoms with Gasteiger partial charge in [0.2, 0.25) is 10.0 Å². The molecule has 0 aliphatic heterocycles. The van der Waals surface area contributed by atoms with Gasteiger partial charge in [-0.3, -0.25) is 0 Å². The Morgan fingerprint density at radius 3 is 2.29 bits per heavy atom. The summed E-state index contributed by atoms with van der Waals surface area (Å²) in [6.07, 6.45) is 1.69. The van der Waals surface area contributed by atoms with Crippen molar-refractivity contribution in [3.8, 4) is 0 Å². The Morgan fingerprint density at radius 2 is 1.61 bits per heavy atom. The Bertz CT molecular complexity index is 977. The summed E-state index contributed by atoms with van der Waals surface area (Å²) in [4.78, 5) is 4.15. The average Bonchev–Trinajstić information content (AvgIpc) is 2.69. The maximum Gasteiger partial charge on any atom is 0.215 e. The largest absolute Gasteiger partial charge is 0.367 e. The van der Waals surface area contributed by atoms with Crippen LogP contribution in [-0.4, -0.2) is 36.7 Å². The van der Waals surface area contributed by atoms with Crippen LogP contribution < -0.4 is 15.4 Å². The van der Waals surface area contributed by atoms with Crippen molar-refractivity contribution < 1.29 is 8.42 Å². The van der Waals surface area contributed by atoms with Gasteiger partial charge in [-0.2, -0.15) is 0 Å². The molecule has 0 amide bonds. The van der Waals surface area contributed by atoms with Crippen molar-refractivity contribution in [3.63, 3.8) is 0 Å². The Labute approximate surface area is 164 Å². The molecule has 2 heterocycles. The summed E-state index contributed by atoms with van der Waals surface area (Å²) in [5.74, 6) is 1.77. The van der Waals surface area contributed by atoms with E-state index >= 15 is 0 Å². The van der Waals surface area contributed by atoms with Crippen LogP contribution in [0.3, 0.4) is 0 Å². The summed E-state index contributed by atoms with van der Waals surface area (Å²) in [7, 11) is -3.39. The quantitative estimate of drug-likeness (QED) is 0.475. The zero-order valence-electron chi connectivity index (χ0n) is 15.5. The van der Waals surface area contributed by atoms with Gasteiger partial charge in [-0.05, 0) is 36.8 Å². The second kappa shape index (κ2) is 9.25. The van der Waals surface area contributed by atoms with Crippen molar-refractivity contribution in [2.45, 2.75) is 12.7 Å². The van der Waals surface area contributed by atoms with E-state index in [-0.39, 0.29) is 12.3 Å². The first-order valence-corrected chi connectivity index (χ1v) is 10.4. The smallest absolute Gasteiger partial charge is 0.215 e. The lowest BCUT2D eigenvalue weighted by Gasteiger charge is -2.09. The highest BCUT2D eigenvalue weighted by Gasteiger charge is 2.10. The second-order valence-corrected chi connectivity index (χ2v) is 8.02. The van der Waals surface area contributed by atoms with E-state index in [2.05, 4.69) is 30.5 Å². The van der Waals surface area contributed by atoms with E-state index in [0.29, 0.717) is 24.0 Å². The molecule has 3 N–H and O–H groups in total. The van der Waals surface area contributed by atoms with Crippen molar-refractivity contribution >= 4 is 27.5 Å². The van der Waals surface area contributed by atoms with Gasteiger partial charge < -0.3 is 10.6 Å². The highest BCUT2D eigenvalue weighted by atomic mass is 32.2. The van der Waals surface area contributed by atoms with Crippen LogP contribution in [0.25, 0.3) is 0 Å². The molecule has 146 valence electrons. The maximum atomic E-state index is 12.1. The van der Waals surface area contributed by atoms with Gasteiger partial charge in [0.1, 0.15) is 11.6 Å². The lowest BCUT2D eigenvalue weighted by molar-refractivity contribution is 0.582. The topological polar surface area (TPSA) is 109 Å². The third kappa shape index (κ3) is 6.29. The minimum atomic E-state index is -3.39. The first kappa shape index (κ1) is 19.7. The van der Waals surface area contributed by atoms with Gasteiger partial charge >= 0.3 is 0 Å². The zero-order valence-corrected chi connectivity index (χ0v) is 16.3. The van der Waals surface area contributed by atoms with Crippen molar-refractivity contribution in [1.82, 2.24) is 19.9 Å². The van der Waals surface area contributed by atoms with E-state index in [1.54, 1.807) is 18.3 Å². The molecule has 0 radical (unpaired) electrons. The van der Waals surface area contributed by atoms with Crippen LogP contribution in [0.15, 0.2) is 60.8 Å². The molecule has 9 heteroatoms. The van der Waals surface area contributed by atoms with E-state index in [1.807, 2.05) is 49.4 Å². The van der Waals surface area contributed by atoms with Gasteiger partial charge in [-0.25, -0.2) is 18.1 Å². The van der Waals surface area contributed by atoms with Crippen molar-refractivity contribution in [2.24, 2.45) is 0 Å². The van der Waals surface area contributed by atoms with Crippen LogP contribution in [0.4, 0.5) is 17.5 Å². The number of pyridine rings is 1. The minimum absolute atomic E-state index is 0.0407. The maximum absolute atomic E-state index is 12.1. The molecule has 1 aromatic carbocycles. The number of anilines is 3. The van der Waals surface area contributed by atoms with Crippen LogP contribution in [-0.2, 0) is 15.8 Å². The molecule has 0 aliphatic carbocycles. The predicted octanol–water partition coefficient (Wildman–Crippen LogP) is 2.46. The summed E-state index contributed by atoms with van der Waals surface area (Å²) < 4.78 is 26.8. The van der Waals surface area contributed by atoms with Gasteiger partial charge in [-0.1, -0.05) is 35.9 Å². The molecular weight excluding hydrogens is 376 g/mol. The Kier molecular flexibility index (Phi) is 6.51. The molecule has 0 spiro atoms. The lowest BCUT2D eigenvalue weighted by Crippen LogP contribution is -2.30. The summed E-state index contributed by atoms with van der Waals surface area (Å²) >= 11 is 0. The first-order chi connectivity index (χ1) is 13.5. The molecule has 0 saturated heterocycles. The second-order valence-electron chi connectivity index (χ2n) is 6.21. The van der Waals surface area contributed by atoms with E-state index in [1.165, 1.54) is 0 Å². The molecule has 0 fully saturated rings. The van der Waals surface area contributed by atoms with Gasteiger partial charge in [0.15, 0.2) is 5.82 Å². The van der Waals surface area contributed by atoms with Gasteiger partial charge in [-0.15, -0.1) is 10.2 Å². The number of hydrogen-bond acceptors (Lipinski definition) is 7. The monoisotopic (exact) mass is 398 g/mol. The lowest BCUT2D eigenvalue weighted by atomic mass is 10.2. The standard InChI is InChI=1S/C19H22N6O2S/c1-15-5-7-16(8-6-15)14-28(26,27)22-13-12-21-18-9-10-19(25-24-18)23-17-4-2-3-11-20-17/h2-11,22H,12-14H2,1H3,(H,21,24)(H,20,23,25). The molecule has 0 saturated carbocycles. The molecule has 2 aromatic heterocycles. The third-order valence-corrected chi connectivity index (χ3v) is 5.17. The van der Waals surface area contributed by atoms with E-state index in [4.69, 9.17) is 0 Å². The number of rotatable bonds is 9. The van der Waals surface area contributed by atoms with E-state index < -0.39 is 10.0 Å². The van der Waals surface area contributed by atoms with Crippen molar-refractivity contribution in [3.05, 3.63) is 71.9 Å². The first-order valence-electron chi connectivity index (χ1n) is 8.79. The summed E-state index contributed by atoms with van der Waals surface area (Å²) in [5, 5.41) is 14.2. The Balaban J connectivity index is 1.42. The molecule has 28 heavy (non-hydrogen) atoms. The molecule has 0 bridgehead atoms. The van der Waals surface area contributed by atoms with Crippen LogP contribution in [0.2, 0.25) is 0 Å². The number of hydrogen-bond donors (Lipinski definition) is 3. The number of sulfonamides is 1. The summed E-state index contributed by atoms with van der Waals surface area (Å²) in [6.45, 7) is 2.62. The molecule has 0 unspecified atom stereocenters. The van der Waals surface area contributed by atoms with Gasteiger partial charge in [0.25, 0.3) is 0 Å². The fraction of sp³-hybridized carbons (Fsp3) is 0.211. The normalized spacial score (nSPS) is 11.2. The highest BCUT2D eigenvalue weighted by molar-refractivity contribution is 7.88. The minimum Gasteiger partial charge on any atom is -0.367 e. The summed E-state index contributed by atoms with van der Waals surface area (Å²) in [5.41, 5.74) is 1.86. The number of aryl methyl sites for hydroxylation is 1. The molecule has 8 nitrogen and oxygen atoms in total. The molecule has 3 rings (SSSR count). The third-order valence-electron chi connectivity index (χ3n) is 3.82. The SMILES string of the molecule is Cc1ccc(CS(=O)(=O)NCCNc2ccc(Nc3ccccn3)nn2)cc1. The predicted molar refractivity (Wildman–Crippen MR) is 110 cm³/mol. The van der Waals surface area contributed by atoms with Gasteiger partial charge in [0.05, 0.1) is 5.75 Å². The number of benzene rings is 1. The zero-order chi connectivity index (χ0) is 19.8. The van der Waals surface area contributed by atoms with Crippen LogP contribution >= 0.6 is 0 Å². The van der Waals surface area contributed by atoms with Crippen LogP contribution in [0, 0.1) is 6.92 Å². The molecule has 3 aromatic rings. The Morgan fingerprint density at radius 1 is 0.857 bits per heavy atom. The van der Waals surface area contributed by atoms with Crippen LogP contribution in [0.5, 0.6) is 0 Å². The van der Waals surface area contributed by atoms with Gasteiger partial charge in [0, 0.05) is 19.3 Å². The highest BCUT2D eigenvalue weighted by Crippen LogP contribution is 2.11. The van der Waals surface area contributed by atoms with Crippen molar-refractivity contribution in [2.75, 3.05) is 23.7 Å². The Hall–Kier alpha value is -3.04. The van der Waals surface area contributed by atoms with Crippen LogP contribution in [0.1, 0.15) is 11.1 Å². The number of nitrogens with one attached hydrogen (secondary N) is 3. The number of nitrogens with zero attached hydrogens (tertiary/aromatic N) is 3. The van der Waals surface area contributed by atoms with E-state index in [9.17, 15) is 8.42 Å².